The number of carbonyl (C=O) groups excluding carboxylic acids is 2. The van der Waals surface area contributed by atoms with Gasteiger partial charge in [0.2, 0.25) is 5.91 Å². The maximum atomic E-state index is 12.5. The average molecular weight is 450 g/mol. The molecule has 0 aromatic heterocycles. The van der Waals surface area contributed by atoms with Crippen molar-refractivity contribution in [1.82, 2.24) is 5.32 Å². The fraction of sp³-hybridized carbons (Fsp3) is 0.273. The Morgan fingerprint density at radius 3 is 2.41 bits per heavy atom. The van der Waals surface area contributed by atoms with Gasteiger partial charge in [0, 0.05) is 12.6 Å². The van der Waals surface area contributed by atoms with Crippen molar-refractivity contribution in [3.8, 4) is 23.0 Å². The van der Waals surface area contributed by atoms with Crippen molar-refractivity contribution in [3.63, 3.8) is 0 Å². The summed E-state index contributed by atoms with van der Waals surface area (Å²) in [5, 5.41) is 2.71. The Labute approximate surface area is 183 Å². The first-order valence-electron chi connectivity index (χ1n) is 9.49. The standard InChI is InChI=1S/C22H24F2N2O6/c1-29-16-6-3-15(12-19(16)32-22(23)24)9-10-26-21(28)8-5-14-4-7-17(18(11-14)30-2)31-13-20(25)27/h3-8,11-12,22H,9-10,13H2,1-2H3,(H2,25,27)(H,26,28)/b8-5+. The number of amides is 2. The van der Waals surface area contributed by atoms with Crippen molar-refractivity contribution in [1.29, 1.82) is 0 Å². The molecule has 10 heteroatoms. The highest BCUT2D eigenvalue weighted by Gasteiger charge is 2.11. The molecule has 0 bridgehead atoms. The van der Waals surface area contributed by atoms with Gasteiger partial charge < -0.3 is 30.0 Å². The van der Waals surface area contributed by atoms with Crippen molar-refractivity contribution >= 4 is 17.9 Å². The largest absolute Gasteiger partial charge is 0.493 e. The number of halogens is 2. The van der Waals surface area contributed by atoms with E-state index in [4.69, 9.17) is 19.9 Å². The number of carbonyl (C=O) groups is 2. The van der Waals surface area contributed by atoms with E-state index < -0.39 is 12.5 Å². The third-order valence-electron chi connectivity index (χ3n) is 4.14. The number of primary amides is 1. The summed E-state index contributed by atoms with van der Waals surface area (Å²) in [5.74, 6) is -0.0840. The summed E-state index contributed by atoms with van der Waals surface area (Å²) in [6.07, 6.45) is 3.33. The van der Waals surface area contributed by atoms with Gasteiger partial charge >= 0.3 is 6.61 Å². The van der Waals surface area contributed by atoms with E-state index in [1.165, 1.54) is 32.4 Å². The normalized spacial score (nSPS) is 10.8. The minimum absolute atomic E-state index is 0.0663. The summed E-state index contributed by atoms with van der Waals surface area (Å²) >= 11 is 0. The van der Waals surface area contributed by atoms with Crippen molar-refractivity contribution in [3.05, 3.63) is 53.6 Å². The number of alkyl halides is 2. The molecule has 0 aliphatic carbocycles. The van der Waals surface area contributed by atoms with Gasteiger partial charge in [-0.05, 0) is 47.9 Å². The van der Waals surface area contributed by atoms with Gasteiger partial charge in [0.05, 0.1) is 14.2 Å². The summed E-state index contributed by atoms with van der Waals surface area (Å²) in [4.78, 5) is 22.9. The zero-order chi connectivity index (χ0) is 23.5. The fourth-order valence-electron chi connectivity index (χ4n) is 2.68. The van der Waals surface area contributed by atoms with Gasteiger partial charge in [-0.1, -0.05) is 12.1 Å². The second-order valence-electron chi connectivity index (χ2n) is 6.40. The zero-order valence-corrected chi connectivity index (χ0v) is 17.6. The number of hydrogen-bond acceptors (Lipinski definition) is 6. The molecule has 0 radical (unpaired) electrons. The van der Waals surface area contributed by atoms with Crippen LogP contribution in [0.25, 0.3) is 6.08 Å². The van der Waals surface area contributed by atoms with Gasteiger partial charge in [-0.2, -0.15) is 8.78 Å². The van der Waals surface area contributed by atoms with Crippen LogP contribution < -0.4 is 30.0 Å². The first kappa shape index (κ1) is 24.4. The molecule has 2 aromatic carbocycles. The van der Waals surface area contributed by atoms with Gasteiger partial charge in [0.25, 0.3) is 5.91 Å². The number of benzene rings is 2. The molecule has 2 amide bonds. The smallest absolute Gasteiger partial charge is 0.387 e. The van der Waals surface area contributed by atoms with Crippen LogP contribution in [0.15, 0.2) is 42.5 Å². The van der Waals surface area contributed by atoms with E-state index in [0.717, 1.165) is 0 Å². The van der Waals surface area contributed by atoms with Crippen LogP contribution in [-0.2, 0) is 16.0 Å². The maximum absolute atomic E-state index is 12.5. The van der Waals surface area contributed by atoms with Crippen LogP contribution in [0.5, 0.6) is 23.0 Å². The zero-order valence-electron chi connectivity index (χ0n) is 17.6. The summed E-state index contributed by atoms with van der Waals surface area (Å²) < 4.78 is 44.9. The third kappa shape index (κ3) is 7.78. The Morgan fingerprint density at radius 1 is 1.03 bits per heavy atom. The first-order chi connectivity index (χ1) is 15.3. The summed E-state index contributed by atoms with van der Waals surface area (Å²) in [6, 6.07) is 9.60. The second kappa shape index (κ2) is 12.1. The number of nitrogens with one attached hydrogen (secondary N) is 1. The number of hydrogen-bond donors (Lipinski definition) is 2. The predicted molar refractivity (Wildman–Crippen MR) is 113 cm³/mol. The predicted octanol–water partition coefficient (Wildman–Crippen LogP) is 2.54. The van der Waals surface area contributed by atoms with Crippen LogP contribution >= 0.6 is 0 Å². The molecule has 0 spiro atoms. The van der Waals surface area contributed by atoms with Crippen molar-refractivity contribution < 1.29 is 37.3 Å². The lowest BCUT2D eigenvalue weighted by molar-refractivity contribution is -0.120. The molecule has 0 aliphatic rings. The molecule has 2 aromatic rings. The Morgan fingerprint density at radius 2 is 1.75 bits per heavy atom. The molecule has 0 aliphatic heterocycles. The molecule has 0 atom stereocenters. The van der Waals surface area contributed by atoms with Crippen LogP contribution in [0.4, 0.5) is 8.78 Å². The summed E-state index contributed by atoms with van der Waals surface area (Å²) in [7, 11) is 2.81. The highest BCUT2D eigenvalue weighted by molar-refractivity contribution is 5.91. The van der Waals surface area contributed by atoms with Crippen LogP contribution in [0.1, 0.15) is 11.1 Å². The molecule has 32 heavy (non-hydrogen) atoms. The minimum atomic E-state index is -2.97. The minimum Gasteiger partial charge on any atom is -0.493 e. The number of nitrogens with two attached hydrogens (primary N) is 1. The molecule has 0 saturated carbocycles. The maximum Gasteiger partial charge on any atom is 0.387 e. The van der Waals surface area contributed by atoms with Crippen LogP contribution in [0.3, 0.4) is 0 Å². The highest BCUT2D eigenvalue weighted by Crippen LogP contribution is 2.30. The van der Waals surface area contributed by atoms with E-state index in [9.17, 15) is 18.4 Å². The molecular formula is C22H24F2N2O6. The van der Waals surface area contributed by atoms with Crippen LogP contribution in [0, 0.1) is 0 Å². The topological polar surface area (TPSA) is 109 Å². The van der Waals surface area contributed by atoms with Gasteiger partial charge in [-0.25, -0.2) is 0 Å². The van der Waals surface area contributed by atoms with E-state index in [-0.39, 0.29) is 30.6 Å². The SMILES string of the molecule is COc1cc(/C=C/C(=O)NCCc2ccc(OC)c(OC(F)F)c2)ccc1OCC(N)=O. The van der Waals surface area contributed by atoms with Gasteiger partial charge in [-0.3, -0.25) is 9.59 Å². The molecule has 0 fully saturated rings. The highest BCUT2D eigenvalue weighted by atomic mass is 19.3. The summed E-state index contributed by atoms with van der Waals surface area (Å²) in [5.41, 5.74) is 6.43. The average Bonchev–Trinajstić information content (AvgIpc) is 2.76. The fourth-order valence-corrected chi connectivity index (χ4v) is 2.68. The monoisotopic (exact) mass is 450 g/mol. The Balaban J connectivity index is 1.91. The summed E-state index contributed by atoms with van der Waals surface area (Å²) in [6.45, 7) is -2.96. The molecule has 2 rings (SSSR count). The van der Waals surface area contributed by atoms with Gasteiger partial charge in [-0.15, -0.1) is 0 Å². The lowest BCUT2D eigenvalue weighted by Crippen LogP contribution is -2.23. The van der Waals surface area contributed by atoms with Crippen LogP contribution in [-0.4, -0.2) is 45.8 Å². The van der Waals surface area contributed by atoms with Crippen molar-refractivity contribution in [2.75, 3.05) is 27.4 Å². The number of ether oxygens (including phenoxy) is 4. The molecule has 0 saturated heterocycles. The second-order valence-corrected chi connectivity index (χ2v) is 6.40. The van der Waals surface area contributed by atoms with E-state index in [1.54, 1.807) is 30.3 Å². The molecule has 0 unspecified atom stereocenters. The Kier molecular flexibility index (Phi) is 9.27. The molecule has 0 heterocycles. The lowest BCUT2D eigenvalue weighted by Gasteiger charge is -2.11. The Bertz CT molecular complexity index is 965. The first-order valence-corrected chi connectivity index (χ1v) is 9.49. The quantitative estimate of drug-likeness (QED) is 0.481. The van der Waals surface area contributed by atoms with E-state index in [1.807, 2.05) is 0 Å². The van der Waals surface area contributed by atoms with E-state index in [2.05, 4.69) is 10.1 Å². The van der Waals surface area contributed by atoms with Gasteiger partial charge in [0.15, 0.2) is 29.6 Å². The number of methoxy groups -OCH3 is 2. The molecule has 172 valence electrons. The number of rotatable bonds is 12. The molecule has 3 N–H and O–H groups in total. The third-order valence-corrected chi connectivity index (χ3v) is 4.14. The van der Waals surface area contributed by atoms with Crippen LogP contribution in [0.2, 0.25) is 0 Å². The van der Waals surface area contributed by atoms with Crippen molar-refractivity contribution in [2.24, 2.45) is 5.73 Å². The molecular weight excluding hydrogens is 426 g/mol. The van der Waals surface area contributed by atoms with Gasteiger partial charge in [0.1, 0.15) is 0 Å². The van der Waals surface area contributed by atoms with E-state index >= 15 is 0 Å². The van der Waals surface area contributed by atoms with Crippen molar-refractivity contribution in [2.45, 2.75) is 13.0 Å². The molecule has 8 nitrogen and oxygen atoms in total. The Hall–Kier alpha value is -3.82. The lowest BCUT2D eigenvalue weighted by atomic mass is 10.1. The van der Waals surface area contributed by atoms with E-state index in [0.29, 0.717) is 29.0 Å².